The summed E-state index contributed by atoms with van der Waals surface area (Å²) in [6.07, 6.45) is 1.89. The maximum atomic E-state index is 13.1. The van der Waals surface area contributed by atoms with Crippen LogP contribution in [-0.2, 0) is 25.0 Å². The number of anilines is 1. The Morgan fingerprint density at radius 3 is 2.26 bits per heavy atom. The molecule has 3 N–H and O–H groups in total. The first-order valence-corrected chi connectivity index (χ1v) is 13.0. The first kappa shape index (κ1) is 23.7. The number of nitrogens with one attached hydrogen (secondary N) is 2. The van der Waals surface area contributed by atoms with Crippen LogP contribution in [0.2, 0.25) is 0 Å². The lowest BCUT2D eigenvalue weighted by Gasteiger charge is -2.39. The van der Waals surface area contributed by atoms with Crippen LogP contribution in [0.1, 0.15) is 32.1 Å². The van der Waals surface area contributed by atoms with Gasteiger partial charge in [0.2, 0.25) is 10.0 Å². The van der Waals surface area contributed by atoms with Gasteiger partial charge in [0.05, 0.1) is 12.4 Å². The molecule has 1 amide bonds. The Morgan fingerprint density at radius 2 is 1.68 bits per heavy atom. The van der Waals surface area contributed by atoms with Crippen LogP contribution >= 0.6 is 0 Å². The first-order valence-electron chi connectivity index (χ1n) is 10.1. The third-order valence-corrected chi connectivity index (χ3v) is 9.60. The maximum absolute atomic E-state index is 13.1. The second-order valence-electron chi connectivity index (χ2n) is 7.58. The highest BCUT2D eigenvalue weighted by Gasteiger charge is 2.42. The van der Waals surface area contributed by atoms with Gasteiger partial charge in [0.15, 0.2) is 0 Å². The molecule has 2 fully saturated rings. The molecule has 1 aromatic rings. The van der Waals surface area contributed by atoms with Crippen LogP contribution in [0, 0.1) is 0 Å². The summed E-state index contributed by atoms with van der Waals surface area (Å²) < 4.78 is 61.6. The topological polar surface area (TPSA) is 145 Å². The van der Waals surface area contributed by atoms with Crippen LogP contribution in [0.5, 0.6) is 5.75 Å². The number of nitrogens with zero attached hydrogens (tertiary/aromatic N) is 2. The van der Waals surface area contributed by atoms with Crippen LogP contribution in [0.15, 0.2) is 24.3 Å². The van der Waals surface area contributed by atoms with Crippen molar-refractivity contribution in [2.75, 3.05) is 31.5 Å². The van der Waals surface area contributed by atoms with Gasteiger partial charge in [-0.1, -0.05) is 6.42 Å². The Kier molecular flexibility index (Phi) is 7.42. The minimum Gasteiger partial charge on any atom is -0.497 e. The SMILES string of the molecule is COc1ccc(NS(=O)(=O)C2CCN(S(=O)(=O)N3CCCCC3C(=O)NO)CC2)cc1. The number of amides is 1. The van der Waals surface area contributed by atoms with Crippen molar-refractivity contribution in [3.63, 3.8) is 0 Å². The third kappa shape index (κ3) is 5.29. The summed E-state index contributed by atoms with van der Waals surface area (Å²) in [6, 6.07) is 5.51. The van der Waals surface area contributed by atoms with Crippen LogP contribution in [-0.4, -0.2) is 74.6 Å². The average Bonchev–Trinajstić information content (AvgIpc) is 2.79. The molecule has 11 nitrogen and oxygen atoms in total. The van der Waals surface area contributed by atoms with Gasteiger partial charge >= 0.3 is 0 Å². The lowest BCUT2D eigenvalue weighted by Crippen LogP contribution is -2.57. The first-order chi connectivity index (χ1) is 14.7. The Balaban J connectivity index is 1.65. The number of carbonyl (C=O) groups is 1. The lowest BCUT2D eigenvalue weighted by molar-refractivity contribution is -0.134. The van der Waals surface area contributed by atoms with E-state index in [0.29, 0.717) is 30.7 Å². The molecule has 0 spiro atoms. The van der Waals surface area contributed by atoms with Gasteiger partial charge in [-0.15, -0.1) is 0 Å². The number of sulfonamides is 1. The predicted molar refractivity (Wildman–Crippen MR) is 113 cm³/mol. The quantitative estimate of drug-likeness (QED) is 0.384. The molecular formula is C18H28N4O7S2. The van der Waals surface area contributed by atoms with E-state index < -0.39 is 37.4 Å². The highest BCUT2D eigenvalue weighted by molar-refractivity contribution is 7.93. The summed E-state index contributed by atoms with van der Waals surface area (Å²) >= 11 is 0. The predicted octanol–water partition coefficient (Wildman–Crippen LogP) is 0.506. The molecular weight excluding hydrogens is 448 g/mol. The Labute approximate surface area is 182 Å². The molecule has 0 aromatic heterocycles. The second-order valence-corrected chi connectivity index (χ2v) is 11.4. The molecule has 2 saturated heterocycles. The number of carbonyl (C=O) groups excluding carboxylic acids is 1. The lowest BCUT2D eigenvalue weighted by atomic mass is 10.0. The van der Waals surface area contributed by atoms with E-state index in [0.717, 1.165) is 4.31 Å². The van der Waals surface area contributed by atoms with Gasteiger partial charge in [0.25, 0.3) is 16.1 Å². The molecule has 0 bridgehead atoms. The summed E-state index contributed by atoms with van der Waals surface area (Å²) in [4.78, 5) is 11.9. The van der Waals surface area contributed by atoms with Gasteiger partial charge in [-0.25, -0.2) is 13.9 Å². The number of piperidine rings is 2. The summed E-state index contributed by atoms with van der Waals surface area (Å²) in [6.45, 7) is 0.235. The summed E-state index contributed by atoms with van der Waals surface area (Å²) in [7, 11) is -6.14. The minimum atomic E-state index is -3.96. The molecule has 0 saturated carbocycles. The largest absolute Gasteiger partial charge is 0.497 e. The Bertz CT molecular complexity index is 975. The van der Waals surface area contributed by atoms with E-state index in [-0.39, 0.29) is 32.5 Å². The fourth-order valence-electron chi connectivity index (χ4n) is 3.95. The van der Waals surface area contributed by atoms with Crippen molar-refractivity contribution in [2.45, 2.75) is 43.4 Å². The number of hydrogen-bond donors (Lipinski definition) is 3. The van der Waals surface area contributed by atoms with Gasteiger partial charge in [-0.2, -0.15) is 17.0 Å². The van der Waals surface area contributed by atoms with Gasteiger partial charge < -0.3 is 4.74 Å². The van der Waals surface area contributed by atoms with Crippen LogP contribution in [0.3, 0.4) is 0 Å². The molecule has 0 radical (unpaired) electrons. The van der Waals surface area contributed by atoms with Crippen molar-refractivity contribution in [3.8, 4) is 5.75 Å². The molecule has 0 aliphatic carbocycles. The third-order valence-electron chi connectivity index (χ3n) is 5.68. The average molecular weight is 477 g/mol. The van der Waals surface area contributed by atoms with E-state index in [2.05, 4.69) is 4.72 Å². The molecule has 2 heterocycles. The zero-order valence-electron chi connectivity index (χ0n) is 17.2. The van der Waals surface area contributed by atoms with E-state index >= 15 is 0 Å². The Hall–Kier alpha value is -1.93. The van der Waals surface area contributed by atoms with Crippen molar-refractivity contribution < 1.29 is 31.6 Å². The van der Waals surface area contributed by atoms with Crippen LogP contribution in [0.25, 0.3) is 0 Å². The molecule has 2 aliphatic rings. The highest BCUT2D eigenvalue weighted by atomic mass is 32.2. The number of hydrogen-bond acceptors (Lipinski definition) is 7. The molecule has 1 atom stereocenters. The fourth-order valence-corrected chi connectivity index (χ4v) is 7.26. The molecule has 1 unspecified atom stereocenters. The molecule has 2 aliphatic heterocycles. The smallest absolute Gasteiger partial charge is 0.282 e. The number of benzene rings is 1. The normalized spacial score (nSPS) is 22.1. The molecule has 31 heavy (non-hydrogen) atoms. The number of methoxy groups -OCH3 is 1. The van der Waals surface area contributed by atoms with Crippen molar-refractivity contribution in [3.05, 3.63) is 24.3 Å². The van der Waals surface area contributed by atoms with Crippen LogP contribution in [0.4, 0.5) is 5.69 Å². The summed E-state index contributed by atoms with van der Waals surface area (Å²) in [5.74, 6) is -0.156. The van der Waals surface area contributed by atoms with E-state index in [9.17, 15) is 21.6 Å². The van der Waals surface area contributed by atoms with Crippen molar-refractivity contribution >= 4 is 31.8 Å². The van der Waals surface area contributed by atoms with E-state index in [4.69, 9.17) is 9.94 Å². The fraction of sp³-hybridized carbons (Fsp3) is 0.611. The van der Waals surface area contributed by atoms with Crippen molar-refractivity contribution in [1.82, 2.24) is 14.1 Å². The van der Waals surface area contributed by atoms with Gasteiger partial charge in [0.1, 0.15) is 11.8 Å². The highest BCUT2D eigenvalue weighted by Crippen LogP contribution is 2.27. The van der Waals surface area contributed by atoms with Gasteiger partial charge in [-0.3, -0.25) is 14.7 Å². The monoisotopic (exact) mass is 476 g/mol. The zero-order valence-corrected chi connectivity index (χ0v) is 18.9. The molecule has 3 rings (SSSR count). The van der Waals surface area contributed by atoms with E-state index in [1.807, 2.05) is 0 Å². The molecule has 13 heteroatoms. The number of ether oxygens (including phenoxy) is 1. The van der Waals surface area contributed by atoms with Gasteiger partial charge in [0, 0.05) is 25.3 Å². The Morgan fingerprint density at radius 1 is 1.03 bits per heavy atom. The summed E-state index contributed by atoms with van der Waals surface area (Å²) in [5.41, 5.74) is 1.94. The van der Waals surface area contributed by atoms with E-state index in [1.54, 1.807) is 24.3 Å². The van der Waals surface area contributed by atoms with Crippen molar-refractivity contribution in [1.29, 1.82) is 0 Å². The van der Waals surface area contributed by atoms with Gasteiger partial charge in [-0.05, 0) is 49.9 Å². The summed E-state index contributed by atoms with van der Waals surface area (Å²) in [5, 5.41) is 8.20. The minimum absolute atomic E-state index is 0.0283. The second kappa shape index (κ2) is 9.69. The zero-order chi connectivity index (χ0) is 22.6. The molecule has 1 aromatic carbocycles. The standard InChI is InChI=1S/C18H28N4O7S2/c1-29-15-7-5-14(6-8-15)20-30(25,26)16-9-12-21(13-10-16)31(27,28)22-11-3-2-4-17(22)18(23)19-24/h5-8,16-17,20,24H,2-4,9-13H2,1H3,(H,19,23). The number of rotatable bonds is 7. The van der Waals surface area contributed by atoms with Crippen LogP contribution < -0.4 is 14.9 Å². The maximum Gasteiger partial charge on any atom is 0.282 e. The van der Waals surface area contributed by atoms with Crippen molar-refractivity contribution in [2.24, 2.45) is 0 Å². The van der Waals surface area contributed by atoms with E-state index in [1.165, 1.54) is 16.9 Å². The number of hydroxylamine groups is 1. The molecule has 174 valence electrons.